The lowest BCUT2D eigenvalue weighted by Crippen LogP contribution is -1.84. The molecule has 0 rings (SSSR count). The number of ether oxygens (including phenoxy) is 1. The van der Waals surface area contributed by atoms with E-state index in [2.05, 4.69) is 38.8 Å². The summed E-state index contributed by atoms with van der Waals surface area (Å²) in [6.07, 6.45) is 3.94. The molecule has 0 heterocycles. The van der Waals surface area contributed by atoms with Gasteiger partial charge in [0.1, 0.15) is 6.26 Å². The molecule has 0 bridgehead atoms. The predicted octanol–water partition coefficient (Wildman–Crippen LogP) is 3.39. The molecule has 0 atom stereocenters. The summed E-state index contributed by atoms with van der Waals surface area (Å²) in [6, 6.07) is 0. The molecule has 0 amide bonds. The highest BCUT2D eigenvalue weighted by molar-refractivity contribution is 9.28. The van der Waals surface area contributed by atoms with Crippen LogP contribution in [0.1, 0.15) is 19.8 Å². The second-order valence-electron chi connectivity index (χ2n) is 1.63. The van der Waals surface area contributed by atoms with Crippen LogP contribution in [-0.2, 0) is 4.74 Å². The molecule has 1 nitrogen and oxygen atoms in total. The zero-order chi connectivity index (χ0) is 7.11. The van der Waals surface area contributed by atoms with Crippen LogP contribution in [0.2, 0.25) is 0 Å². The average Bonchev–Trinajstić information content (AvgIpc) is 1.80. The minimum Gasteiger partial charge on any atom is -0.499 e. The maximum atomic E-state index is 5.08. The fraction of sp³-hybridized carbons (Fsp3) is 0.667. The normalized spacial score (nSPS) is 8.78. The van der Waals surface area contributed by atoms with E-state index in [-0.39, 0.29) is 0 Å². The number of hydrogen-bond donors (Lipinski definition) is 0. The van der Waals surface area contributed by atoms with Gasteiger partial charge in [0.25, 0.3) is 0 Å². The van der Waals surface area contributed by atoms with Crippen LogP contribution >= 0.6 is 31.9 Å². The van der Waals surface area contributed by atoms with E-state index in [1.807, 2.05) is 0 Å². The van der Waals surface area contributed by atoms with Crippen LogP contribution in [0.25, 0.3) is 0 Å². The first-order valence-electron chi connectivity index (χ1n) is 2.90. The minimum absolute atomic E-state index is 0.803. The number of unbranched alkanes of at least 4 members (excludes halogenated alkanes) is 1. The zero-order valence-corrected chi connectivity index (χ0v) is 8.53. The van der Waals surface area contributed by atoms with Crippen molar-refractivity contribution in [3.63, 3.8) is 0 Å². The van der Waals surface area contributed by atoms with Gasteiger partial charge in [0.15, 0.2) is 0 Å². The second-order valence-corrected chi connectivity index (χ2v) is 4.40. The summed E-state index contributed by atoms with van der Waals surface area (Å²) in [5, 5.41) is 0. The van der Waals surface area contributed by atoms with Gasteiger partial charge < -0.3 is 4.74 Å². The predicted molar refractivity (Wildman–Crippen MR) is 46.8 cm³/mol. The standard InChI is InChI=1S/C6H10Br2O/c1-2-3-4-9-5-6(7)8/h5H,2-4H2,1H3. The van der Waals surface area contributed by atoms with Gasteiger partial charge in [0.05, 0.1) is 10.00 Å². The molecule has 0 aromatic rings. The minimum atomic E-state index is 0.803. The van der Waals surface area contributed by atoms with Gasteiger partial charge in [-0.2, -0.15) is 0 Å². The molecule has 3 heteroatoms. The Bertz CT molecular complexity index is 87.1. The smallest absolute Gasteiger partial charge is 0.104 e. The van der Waals surface area contributed by atoms with Crippen LogP contribution in [0.15, 0.2) is 9.65 Å². The van der Waals surface area contributed by atoms with E-state index in [4.69, 9.17) is 4.74 Å². The number of halogens is 2. The van der Waals surface area contributed by atoms with Gasteiger partial charge in [-0.3, -0.25) is 0 Å². The third kappa shape index (κ3) is 8.50. The summed E-state index contributed by atoms with van der Waals surface area (Å²) in [7, 11) is 0. The molecule has 0 aliphatic heterocycles. The van der Waals surface area contributed by atoms with E-state index in [9.17, 15) is 0 Å². The van der Waals surface area contributed by atoms with Crippen molar-refractivity contribution in [1.82, 2.24) is 0 Å². The molecule has 0 aromatic heterocycles. The van der Waals surface area contributed by atoms with Gasteiger partial charge >= 0.3 is 0 Å². The average molecular weight is 258 g/mol. The third-order valence-electron chi connectivity index (χ3n) is 0.788. The molecule has 0 fully saturated rings. The van der Waals surface area contributed by atoms with Gasteiger partial charge in [-0.25, -0.2) is 0 Å². The van der Waals surface area contributed by atoms with Crippen molar-refractivity contribution in [2.24, 2.45) is 0 Å². The van der Waals surface area contributed by atoms with Crippen LogP contribution in [0.4, 0.5) is 0 Å². The Morgan fingerprint density at radius 3 is 2.67 bits per heavy atom. The SMILES string of the molecule is CCCCOC=C(Br)Br. The number of rotatable bonds is 4. The summed E-state index contributed by atoms with van der Waals surface area (Å²) < 4.78 is 5.93. The van der Waals surface area contributed by atoms with E-state index >= 15 is 0 Å². The van der Waals surface area contributed by atoms with Gasteiger partial charge in [0, 0.05) is 0 Å². The molecule has 0 radical (unpaired) electrons. The fourth-order valence-electron chi connectivity index (χ4n) is 0.350. The first-order valence-corrected chi connectivity index (χ1v) is 4.48. The molecular weight excluding hydrogens is 248 g/mol. The van der Waals surface area contributed by atoms with Gasteiger partial charge in [-0.15, -0.1) is 0 Å². The lowest BCUT2D eigenvalue weighted by molar-refractivity contribution is 0.244. The molecule has 0 saturated heterocycles. The van der Waals surface area contributed by atoms with Crippen LogP contribution in [0.3, 0.4) is 0 Å². The van der Waals surface area contributed by atoms with E-state index in [0.717, 1.165) is 16.4 Å². The lowest BCUT2D eigenvalue weighted by Gasteiger charge is -1.96. The highest BCUT2D eigenvalue weighted by Crippen LogP contribution is 2.12. The quantitative estimate of drug-likeness (QED) is 0.554. The summed E-state index contributed by atoms with van der Waals surface area (Å²) in [5.74, 6) is 0. The molecule has 0 saturated carbocycles. The summed E-state index contributed by atoms with van der Waals surface area (Å²) >= 11 is 6.36. The van der Waals surface area contributed by atoms with Gasteiger partial charge in [-0.1, -0.05) is 13.3 Å². The van der Waals surface area contributed by atoms with Gasteiger partial charge in [-0.05, 0) is 38.3 Å². The highest BCUT2D eigenvalue weighted by atomic mass is 79.9. The van der Waals surface area contributed by atoms with Crippen molar-refractivity contribution in [3.05, 3.63) is 9.65 Å². The summed E-state index contributed by atoms with van der Waals surface area (Å²) in [5.41, 5.74) is 0. The summed E-state index contributed by atoms with van der Waals surface area (Å²) in [6.45, 7) is 2.94. The van der Waals surface area contributed by atoms with E-state index in [1.54, 1.807) is 6.26 Å². The maximum Gasteiger partial charge on any atom is 0.104 e. The van der Waals surface area contributed by atoms with Gasteiger partial charge in [0.2, 0.25) is 0 Å². The molecular formula is C6H10Br2O. The van der Waals surface area contributed by atoms with E-state index in [0.29, 0.717) is 0 Å². The third-order valence-corrected chi connectivity index (χ3v) is 1.16. The summed E-state index contributed by atoms with van der Waals surface area (Å²) in [4.78, 5) is 0. The number of hydrogen-bond acceptors (Lipinski definition) is 1. The Hall–Kier alpha value is 0.500. The molecule has 0 aliphatic rings. The molecule has 0 aliphatic carbocycles. The van der Waals surface area contributed by atoms with Crippen molar-refractivity contribution in [2.45, 2.75) is 19.8 Å². The molecule has 9 heavy (non-hydrogen) atoms. The monoisotopic (exact) mass is 256 g/mol. The molecule has 0 unspecified atom stereocenters. The van der Waals surface area contributed by atoms with Crippen LogP contribution < -0.4 is 0 Å². The second kappa shape index (κ2) is 6.62. The Morgan fingerprint density at radius 1 is 1.56 bits per heavy atom. The van der Waals surface area contributed by atoms with Crippen molar-refractivity contribution >= 4 is 31.9 Å². The topological polar surface area (TPSA) is 9.23 Å². The van der Waals surface area contributed by atoms with Crippen molar-refractivity contribution < 1.29 is 4.74 Å². The fourth-order valence-corrected chi connectivity index (χ4v) is 0.614. The highest BCUT2D eigenvalue weighted by Gasteiger charge is 1.82. The Labute approximate surface area is 72.7 Å². The van der Waals surface area contributed by atoms with Crippen LogP contribution in [0, 0.1) is 0 Å². The van der Waals surface area contributed by atoms with Crippen LogP contribution in [-0.4, -0.2) is 6.61 Å². The lowest BCUT2D eigenvalue weighted by atomic mass is 10.4. The Balaban J connectivity index is 3.00. The molecule has 0 aromatic carbocycles. The van der Waals surface area contributed by atoms with Crippen LogP contribution in [0.5, 0.6) is 0 Å². The van der Waals surface area contributed by atoms with Crippen molar-refractivity contribution in [1.29, 1.82) is 0 Å². The largest absolute Gasteiger partial charge is 0.499 e. The maximum absolute atomic E-state index is 5.08. The zero-order valence-electron chi connectivity index (χ0n) is 5.36. The molecule has 0 N–H and O–H groups in total. The molecule has 54 valence electrons. The van der Waals surface area contributed by atoms with Crippen molar-refractivity contribution in [2.75, 3.05) is 6.61 Å². The van der Waals surface area contributed by atoms with Crippen molar-refractivity contribution in [3.8, 4) is 0 Å². The molecule has 0 spiro atoms. The first-order chi connectivity index (χ1) is 4.27. The van der Waals surface area contributed by atoms with E-state index < -0.39 is 0 Å². The Morgan fingerprint density at radius 2 is 2.22 bits per heavy atom. The Kier molecular flexibility index (Phi) is 6.99. The first kappa shape index (κ1) is 9.50. The van der Waals surface area contributed by atoms with E-state index in [1.165, 1.54) is 6.42 Å².